The fraction of sp³-hybridized carbons (Fsp3) is 1.00. The van der Waals surface area contributed by atoms with Crippen molar-refractivity contribution in [1.82, 2.24) is 15.1 Å². The molecule has 0 spiro atoms. The lowest BCUT2D eigenvalue weighted by Crippen LogP contribution is -2.52. The molecule has 0 saturated carbocycles. The van der Waals surface area contributed by atoms with Gasteiger partial charge in [0.15, 0.2) is 0 Å². The summed E-state index contributed by atoms with van der Waals surface area (Å²) < 4.78 is 0. The Balaban J connectivity index is 1.96. The smallest absolute Gasteiger partial charge is 0.0622 e. The summed E-state index contributed by atoms with van der Waals surface area (Å²) in [5.41, 5.74) is 0. The topological polar surface area (TPSA) is 18.5 Å². The zero-order valence-electron chi connectivity index (χ0n) is 10.9. The molecule has 0 aromatic rings. The van der Waals surface area contributed by atoms with E-state index in [2.05, 4.69) is 29.0 Å². The Hall–Kier alpha value is -0.120. The van der Waals surface area contributed by atoms with Crippen molar-refractivity contribution >= 4 is 0 Å². The van der Waals surface area contributed by atoms with Gasteiger partial charge in [-0.05, 0) is 52.2 Å². The maximum Gasteiger partial charge on any atom is 0.0622 e. The average molecular weight is 225 g/mol. The molecule has 2 unspecified atom stereocenters. The number of likely N-dealkylation sites (tertiary alicyclic amines) is 1. The molecule has 3 heteroatoms. The fourth-order valence-electron chi connectivity index (χ4n) is 3.16. The van der Waals surface area contributed by atoms with Crippen LogP contribution in [-0.2, 0) is 0 Å². The number of nitrogens with one attached hydrogen (secondary N) is 1. The van der Waals surface area contributed by atoms with Crippen molar-refractivity contribution in [3.8, 4) is 0 Å². The van der Waals surface area contributed by atoms with Gasteiger partial charge in [-0.1, -0.05) is 6.92 Å². The normalized spacial score (nSPS) is 34.9. The number of hydrogen-bond donors (Lipinski definition) is 1. The summed E-state index contributed by atoms with van der Waals surface area (Å²) in [4.78, 5) is 5.38. The number of piperidine rings is 1. The van der Waals surface area contributed by atoms with Crippen LogP contribution < -0.4 is 5.32 Å². The molecule has 2 heterocycles. The van der Waals surface area contributed by atoms with E-state index in [-0.39, 0.29) is 0 Å². The lowest BCUT2D eigenvalue weighted by molar-refractivity contribution is 0.0170. The van der Waals surface area contributed by atoms with E-state index in [1.54, 1.807) is 0 Å². The van der Waals surface area contributed by atoms with Gasteiger partial charge in [0.2, 0.25) is 0 Å². The molecule has 16 heavy (non-hydrogen) atoms. The number of nitrogens with zero attached hydrogens (tertiary/aromatic N) is 2. The van der Waals surface area contributed by atoms with Crippen molar-refractivity contribution in [2.75, 3.05) is 32.7 Å². The highest BCUT2D eigenvalue weighted by atomic mass is 15.4. The minimum absolute atomic E-state index is 0.656. The average Bonchev–Trinajstić information content (AvgIpc) is 2.54. The largest absolute Gasteiger partial charge is 0.313 e. The monoisotopic (exact) mass is 225 g/mol. The Kier molecular flexibility index (Phi) is 4.62. The van der Waals surface area contributed by atoms with Crippen LogP contribution in [-0.4, -0.2) is 54.7 Å². The van der Waals surface area contributed by atoms with Gasteiger partial charge in [-0.3, -0.25) is 9.80 Å². The molecule has 2 fully saturated rings. The predicted molar refractivity (Wildman–Crippen MR) is 68.5 cm³/mol. The molecule has 2 rings (SSSR count). The number of rotatable bonds is 2. The van der Waals surface area contributed by atoms with E-state index >= 15 is 0 Å². The highest BCUT2D eigenvalue weighted by Crippen LogP contribution is 2.21. The summed E-state index contributed by atoms with van der Waals surface area (Å²) >= 11 is 0. The van der Waals surface area contributed by atoms with Crippen LogP contribution in [0.5, 0.6) is 0 Å². The Morgan fingerprint density at radius 1 is 1.19 bits per heavy atom. The summed E-state index contributed by atoms with van der Waals surface area (Å²) in [6.07, 6.45) is 6.21. The molecule has 2 aliphatic rings. The van der Waals surface area contributed by atoms with Crippen LogP contribution in [0.15, 0.2) is 0 Å². The summed E-state index contributed by atoms with van der Waals surface area (Å²) in [7, 11) is 0. The third kappa shape index (κ3) is 2.96. The third-order valence-electron chi connectivity index (χ3n) is 4.03. The molecule has 0 radical (unpaired) electrons. The summed E-state index contributed by atoms with van der Waals surface area (Å²) in [6, 6.07) is 0.656. The van der Waals surface area contributed by atoms with Crippen molar-refractivity contribution in [3.63, 3.8) is 0 Å². The third-order valence-corrected chi connectivity index (χ3v) is 4.03. The van der Waals surface area contributed by atoms with Crippen molar-refractivity contribution in [2.24, 2.45) is 0 Å². The van der Waals surface area contributed by atoms with Gasteiger partial charge in [-0.2, -0.15) is 0 Å². The second-order valence-corrected chi connectivity index (χ2v) is 5.31. The molecule has 0 aliphatic carbocycles. The Bertz CT molecular complexity index is 207. The van der Waals surface area contributed by atoms with Crippen LogP contribution >= 0.6 is 0 Å². The molecular formula is C13H27N3. The van der Waals surface area contributed by atoms with Crippen molar-refractivity contribution in [1.29, 1.82) is 0 Å². The second-order valence-electron chi connectivity index (χ2n) is 5.31. The highest BCUT2D eigenvalue weighted by molar-refractivity contribution is 4.81. The maximum absolute atomic E-state index is 3.59. The number of hydrogen-bond acceptors (Lipinski definition) is 3. The van der Waals surface area contributed by atoms with Crippen LogP contribution in [0.1, 0.15) is 39.5 Å². The van der Waals surface area contributed by atoms with Crippen LogP contribution in [0.3, 0.4) is 0 Å². The van der Waals surface area contributed by atoms with Crippen LogP contribution in [0.2, 0.25) is 0 Å². The van der Waals surface area contributed by atoms with Gasteiger partial charge in [0, 0.05) is 19.1 Å². The fourth-order valence-corrected chi connectivity index (χ4v) is 3.16. The van der Waals surface area contributed by atoms with Gasteiger partial charge in [-0.25, -0.2) is 0 Å². The first-order valence-corrected chi connectivity index (χ1v) is 7.02. The van der Waals surface area contributed by atoms with Crippen molar-refractivity contribution in [3.05, 3.63) is 0 Å². The zero-order chi connectivity index (χ0) is 11.4. The molecule has 0 aromatic heterocycles. The summed E-state index contributed by atoms with van der Waals surface area (Å²) in [6.45, 7) is 10.8. The zero-order valence-corrected chi connectivity index (χ0v) is 10.9. The van der Waals surface area contributed by atoms with E-state index in [0.29, 0.717) is 6.04 Å². The van der Waals surface area contributed by atoms with Gasteiger partial charge < -0.3 is 5.32 Å². The quantitative estimate of drug-likeness (QED) is 0.768. The molecule has 2 atom stereocenters. The van der Waals surface area contributed by atoms with Crippen LogP contribution in [0.25, 0.3) is 0 Å². The van der Waals surface area contributed by atoms with Gasteiger partial charge in [0.05, 0.1) is 6.17 Å². The summed E-state index contributed by atoms with van der Waals surface area (Å²) in [5.74, 6) is 0. The minimum Gasteiger partial charge on any atom is -0.313 e. The first-order chi connectivity index (χ1) is 7.81. The SMILES string of the molecule is CCN1CCCCC1N1CCCNC(C)C1. The van der Waals surface area contributed by atoms with E-state index < -0.39 is 0 Å². The van der Waals surface area contributed by atoms with E-state index in [0.717, 1.165) is 6.17 Å². The molecule has 2 saturated heterocycles. The van der Waals surface area contributed by atoms with Crippen LogP contribution in [0.4, 0.5) is 0 Å². The summed E-state index contributed by atoms with van der Waals surface area (Å²) in [5, 5.41) is 3.59. The van der Waals surface area contributed by atoms with Gasteiger partial charge in [0.25, 0.3) is 0 Å². The van der Waals surface area contributed by atoms with E-state index in [1.165, 1.54) is 58.4 Å². The molecule has 0 aromatic carbocycles. The predicted octanol–water partition coefficient (Wildman–Crippen LogP) is 1.50. The molecular weight excluding hydrogens is 198 g/mol. The molecule has 0 amide bonds. The van der Waals surface area contributed by atoms with Crippen molar-refractivity contribution < 1.29 is 0 Å². The molecule has 3 nitrogen and oxygen atoms in total. The van der Waals surface area contributed by atoms with E-state index in [4.69, 9.17) is 0 Å². The molecule has 1 N–H and O–H groups in total. The Labute approximate surface area is 100 Å². The van der Waals surface area contributed by atoms with Crippen molar-refractivity contribution in [2.45, 2.75) is 51.7 Å². The van der Waals surface area contributed by atoms with E-state index in [9.17, 15) is 0 Å². The standard InChI is InChI=1S/C13H27N3/c1-3-15-9-5-4-7-13(15)16-10-6-8-14-12(2)11-16/h12-14H,3-11H2,1-2H3. The van der Waals surface area contributed by atoms with E-state index in [1.807, 2.05) is 0 Å². The van der Waals surface area contributed by atoms with Gasteiger partial charge in [0.1, 0.15) is 0 Å². The first kappa shape index (κ1) is 12.3. The minimum atomic E-state index is 0.656. The Morgan fingerprint density at radius 3 is 2.88 bits per heavy atom. The molecule has 94 valence electrons. The van der Waals surface area contributed by atoms with Gasteiger partial charge >= 0.3 is 0 Å². The lowest BCUT2D eigenvalue weighted by atomic mass is 10.1. The first-order valence-electron chi connectivity index (χ1n) is 7.02. The lowest BCUT2D eigenvalue weighted by Gasteiger charge is -2.42. The molecule has 0 bridgehead atoms. The highest BCUT2D eigenvalue weighted by Gasteiger charge is 2.28. The second kappa shape index (κ2) is 5.99. The maximum atomic E-state index is 3.59. The Morgan fingerprint density at radius 2 is 2.06 bits per heavy atom. The molecule has 2 aliphatic heterocycles. The van der Waals surface area contributed by atoms with Crippen LogP contribution in [0, 0.1) is 0 Å². The van der Waals surface area contributed by atoms with Gasteiger partial charge in [-0.15, -0.1) is 0 Å².